The molecule has 1 amide bonds. The van der Waals surface area contributed by atoms with Gasteiger partial charge in [0.1, 0.15) is 17.6 Å². The molecule has 1 aliphatic heterocycles. The Bertz CT molecular complexity index is 1230. The van der Waals surface area contributed by atoms with E-state index >= 15 is 0 Å². The Hall–Kier alpha value is -3.50. The summed E-state index contributed by atoms with van der Waals surface area (Å²) in [5.41, 5.74) is 5.37. The van der Waals surface area contributed by atoms with Crippen molar-refractivity contribution in [1.82, 2.24) is 0 Å². The van der Waals surface area contributed by atoms with E-state index in [4.69, 9.17) is 4.74 Å². The zero-order valence-electron chi connectivity index (χ0n) is 18.2. The monoisotopic (exact) mass is 451 g/mol. The second kappa shape index (κ2) is 9.55. The summed E-state index contributed by atoms with van der Waals surface area (Å²) in [6.45, 7) is 0.464. The molecule has 0 saturated carbocycles. The summed E-state index contributed by atoms with van der Waals surface area (Å²) in [5, 5.41) is -0.399. The van der Waals surface area contributed by atoms with Crippen LogP contribution in [-0.2, 0) is 17.8 Å². The van der Waals surface area contributed by atoms with Gasteiger partial charge in [-0.25, -0.2) is 0 Å². The molecule has 33 heavy (non-hydrogen) atoms. The third kappa shape index (κ3) is 4.53. The average molecular weight is 452 g/mol. The lowest BCUT2D eigenvalue weighted by atomic mass is 9.90. The summed E-state index contributed by atoms with van der Waals surface area (Å²) in [5.74, 6) is 0.807. The predicted octanol–water partition coefficient (Wildman–Crippen LogP) is 6.24. The number of amides is 1. The predicted molar refractivity (Wildman–Crippen MR) is 136 cm³/mol. The van der Waals surface area contributed by atoms with Crippen molar-refractivity contribution >= 4 is 24.2 Å². The number of benzene rings is 4. The summed E-state index contributed by atoms with van der Waals surface area (Å²) in [7, 11) is 0. The van der Waals surface area contributed by atoms with Crippen LogP contribution in [0.4, 0.5) is 5.69 Å². The zero-order valence-corrected chi connectivity index (χ0v) is 19.1. The van der Waals surface area contributed by atoms with Gasteiger partial charge in [-0.3, -0.25) is 4.79 Å². The summed E-state index contributed by atoms with van der Waals surface area (Å²) >= 11 is 4.64. The normalized spacial score (nSPS) is 17.5. The molecule has 2 unspecified atom stereocenters. The van der Waals surface area contributed by atoms with Crippen LogP contribution in [-0.4, -0.2) is 11.2 Å². The number of β-lactam (4-membered cyclic amide) rings is 1. The Kier molecular flexibility index (Phi) is 6.18. The number of rotatable bonds is 7. The highest BCUT2D eigenvalue weighted by Crippen LogP contribution is 2.45. The first kappa shape index (κ1) is 21.4. The fourth-order valence-electron chi connectivity index (χ4n) is 4.28. The molecule has 4 aromatic rings. The number of carbonyl (C=O) groups is 1. The fourth-order valence-corrected chi connectivity index (χ4v) is 4.70. The zero-order chi connectivity index (χ0) is 22.6. The molecule has 0 N–H and O–H groups in total. The van der Waals surface area contributed by atoms with Crippen LogP contribution in [0, 0.1) is 0 Å². The van der Waals surface area contributed by atoms with E-state index in [1.165, 1.54) is 11.1 Å². The van der Waals surface area contributed by atoms with Crippen molar-refractivity contribution in [1.29, 1.82) is 0 Å². The maximum atomic E-state index is 12.8. The van der Waals surface area contributed by atoms with E-state index in [1.54, 1.807) is 0 Å². The van der Waals surface area contributed by atoms with E-state index in [2.05, 4.69) is 67.2 Å². The van der Waals surface area contributed by atoms with E-state index < -0.39 is 5.25 Å². The highest BCUT2D eigenvalue weighted by molar-refractivity contribution is 7.82. The van der Waals surface area contributed by atoms with Crippen LogP contribution >= 0.6 is 12.6 Å². The van der Waals surface area contributed by atoms with Crippen LogP contribution in [0.5, 0.6) is 5.75 Å². The minimum Gasteiger partial charge on any atom is -0.489 e. The van der Waals surface area contributed by atoms with Crippen molar-refractivity contribution in [2.45, 2.75) is 24.3 Å². The van der Waals surface area contributed by atoms with E-state index in [9.17, 15) is 4.79 Å². The molecule has 5 rings (SSSR count). The lowest BCUT2D eigenvalue weighted by Crippen LogP contribution is -2.56. The Morgan fingerprint density at radius 1 is 0.727 bits per heavy atom. The van der Waals surface area contributed by atoms with Gasteiger partial charge in [0.15, 0.2) is 0 Å². The second-order valence-corrected chi connectivity index (χ2v) is 8.80. The molecule has 0 radical (unpaired) electrons. The van der Waals surface area contributed by atoms with E-state index in [1.807, 2.05) is 59.5 Å². The summed E-state index contributed by atoms with van der Waals surface area (Å²) in [4.78, 5) is 14.6. The van der Waals surface area contributed by atoms with Gasteiger partial charge in [0, 0.05) is 11.3 Å². The number of hydrogen-bond acceptors (Lipinski definition) is 3. The number of anilines is 1. The third-order valence-electron chi connectivity index (χ3n) is 5.99. The van der Waals surface area contributed by atoms with Gasteiger partial charge >= 0.3 is 0 Å². The molecule has 4 aromatic carbocycles. The van der Waals surface area contributed by atoms with Gasteiger partial charge in [-0.2, -0.15) is 12.6 Å². The summed E-state index contributed by atoms with van der Waals surface area (Å²) in [6, 6.07) is 36.4. The number of carbonyl (C=O) groups excluding carboxylic acids is 1. The van der Waals surface area contributed by atoms with Crippen LogP contribution in [0.15, 0.2) is 109 Å². The van der Waals surface area contributed by atoms with Crippen molar-refractivity contribution in [3.63, 3.8) is 0 Å². The Balaban J connectivity index is 1.49. The number of nitrogens with zero attached hydrogens (tertiary/aromatic N) is 1. The molecule has 0 aliphatic carbocycles. The molecule has 0 spiro atoms. The average Bonchev–Trinajstić information content (AvgIpc) is 2.87. The van der Waals surface area contributed by atoms with Gasteiger partial charge in [-0.1, -0.05) is 91.0 Å². The van der Waals surface area contributed by atoms with Crippen molar-refractivity contribution in [2.24, 2.45) is 0 Å². The molecular formula is C29H25NO2S. The number of hydrogen-bond donors (Lipinski definition) is 1. The topological polar surface area (TPSA) is 29.5 Å². The van der Waals surface area contributed by atoms with E-state index in [0.717, 1.165) is 29.0 Å². The minimum atomic E-state index is -0.399. The molecule has 3 nitrogen and oxygen atoms in total. The standard InChI is InChI=1S/C29H25NO2S/c31-29-28(33)27(30(29)24-14-8-3-9-15-24)25-17-16-23(18-21-10-4-1-5-11-21)19-26(25)32-20-22-12-6-2-7-13-22/h1-17,19,27-28,33H,18,20H2. The fraction of sp³-hybridized carbons (Fsp3) is 0.138. The molecule has 0 aromatic heterocycles. The van der Waals surface area contributed by atoms with Gasteiger partial charge in [0.25, 0.3) is 0 Å². The van der Waals surface area contributed by atoms with Gasteiger partial charge < -0.3 is 9.64 Å². The molecule has 164 valence electrons. The van der Waals surface area contributed by atoms with Crippen LogP contribution in [0.1, 0.15) is 28.3 Å². The first-order chi connectivity index (χ1) is 16.2. The molecule has 1 heterocycles. The van der Waals surface area contributed by atoms with Gasteiger partial charge in [-0.05, 0) is 41.3 Å². The minimum absolute atomic E-state index is 0.0110. The van der Waals surface area contributed by atoms with Crippen molar-refractivity contribution in [3.8, 4) is 5.75 Å². The lowest BCUT2D eigenvalue weighted by Gasteiger charge is -2.45. The Labute approximate surface area is 200 Å². The molecular weight excluding hydrogens is 426 g/mol. The largest absolute Gasteiger partial charge is 0.489 e. The van der Waals surface area contributed by atoms with E-state index in [-0.39, 0.29) is 11.9 Å². The molecule has 4 heteroatoms. The smallest absolute Gasteiger partial charge is 0.242 e. The van der Waals surface area contributed by atoms with Crippen LogP contribution in [0.3, 0.4) is 0 Å². The maximum absolute atomic E-state index is 12.8. The highest BCUT2D eigenvalue weighted by Gasteiger charge is 2.48. The van der Waals surface area contributed by atoms with Gasteiger partial charge in [-0.15, -0.1) is 0 Å². The van der Waals surface area contributed by atoms with Crippen LogP contribution < -0.4 is 9.64 Å². The van der Waals surface area contributed by atoms with Crippen LogP contribution in [0.25, 0.3) is 0 Å². The van der Waals surface area contributed by atoms with Crippen LogP contribution in [0.2, 0.25) is 0 Å². The van der Waals surface area contributed by atoms with Gasteiger partial charge in [0.2, 0.25) is 5.91 Å². The van der Waals surface area contributed by atoms with Crippen molar-refractivity contribution in [3.05, 3.63) is 131 Å². The highest BCUT2D eigenvalue weighted by atomic mass is 32.1. The Morgan fingerprint density at radius 3 is 2.00 bits per heavy atom. The lowest BCUT2D eigenvalue weighted by molar-refractivity contribution is -0.123. The van der Waals surface area contributed by atoms with Crippen molar-refractivity contribution < 1.29 is 9.53 Å². The number of para-hydroxylation sites is 1. The Morgan fingerprint density at radius 2 is 1.33 bits per heavy atom. The van der Waals surface area contributed by atoms with Crippen molar-refractivity contribution in [2.75, 3.05) is 4.90 Å². The quantitative estimate of drug-likeness (QED) is 0.266. The molecule has 2 atom stereocenters. The third-order valence-corrected chi connectivity index (χ3v) is 6.49. The molecule has 1 saturated heterocycles. The summed E-state index contributed by atoms with van der Waals surface area (Å²) < 4.78 is 6.35. The van der Waals surface area contributed by atoms with E-state index in [0.29, 0.717) is 6.61 Å². The first-order valence-electron chi connectivity index (χ1n) is 11.1. The molecule has 1 aliphatic rings. The number of thiol groups is 1. The maximum Gasteiger partial charge on any atom is 0.242 e. The number of ether oxygens (including phenoxy) is 1. The second-order valence-electron chi connectivity index (χ2n) is 8.24. The molecule has 1 fully saturated rings. The molecule has 0 bridgehead atoms. The first-order valence-corrected chi connectivity index (χ1v) is 11.6. The summed E-state index contributed by atoms with van der Waals surface area (Å²) in [6.07, 6.45) is 0.819. The SMILES string of the molecule is O=C1C(S)C(c2ccc(Cc3ccccc3)cc2OCc2ccccc2)N1c1ccccc1. The van der Waals surface area contributed by atoms with Gasteiger partial charge in [0.05, 0.1) is 6.04 Å².